The molecule has 4 heterocycles. The lowest BCUT2D eigenvalue weighted by Gasteiger charge is -2.34. The highest BCUT2D eigenvalue weighted by molar-refractivity contribution is 6.09. The lowest BCUT2D eigenvalue weighted by atomic mass is 9.95. The van der Waals surface area contributed by atoms with Crippen LogP contribution in [-0.4, -0.2) is 70.7 Å². The predicted molar refractivity (Wildman–Crippen MR) is 169 cm³/mol. The van der Waals surface area contributed by atoms with Crippen LogP contribution in [0.5, 0.6) is 5.75 Å². The number of hydrogen-bond donors (Lipinski definition) is 2. The summed E-state index contributed by atoms with van der Waals surface area (Å²) in [6.07, 6.45) is 6.79. The molecule has 5 aromatic rings. The molecule has 1 aliphatic rings. The normalized spacial score (nSPS) is 13.9. The molecule has 0 spiro atoms. The summed E-state index contributed by atoms with van der Waals surface area (Å²) in [6, 6.07) is 14.8. The minimum absolute atomic E-state index is 0.259. The van der Waals surface area contributed by atoms with E-state index >= 15 is 0 Å². The number of carbonyl (C=O) groups excluding carboxylic acids is 1. The van der Waals surface area contributed by atoms with E-state index in [1.807, 2.05) is 36.9 Å². The minimum Gasteiger partial charge on any atom is -0.495 e. The summed E-state index contributed by atoms with van der Waals surface area (Å²) in [5.41, 5.74) is 8.97. The Morgan fingerprint density at radius 2 is 1.79 bits per heavy atom. The molecule has 214 valence electrons. The highest BCUT2D eigenvalue weighted by Gasteiger charge is 2.24. The number of imidazole rings is 1. The van der Waals surface area contributed by atoms with Crippen molar-refractivity contribution in [3.8, 4) is 39.4 Å². The topological polar surface area (TPSA) is 91.3 Å². The number of aryl methyl sites for hydroxylation is 2. The maximum atomic E-state index is 12.2. The molecule has 0 unspecified atom stereocenters. The number of carbonyl (C=O) groups is 1. The van der Waals surface area contributed by atoms with Crippen LogP contribution in [0.25, 0.3) is 44.7 Å². The van der Waals surface area contributed by atoms with Gasteiger partial charge in [0.05, 0.1) is 35.8 Å². The standard InChI is InChI=1S/C33H35N7O2/c1-6-28(41)36-26-17-23(8-7-21(26)2)29-30-32(42-5)25(27-19-39(4)20-35-27)18-34-33(30)37-31(29)22-9-11-24(12-10-22)40-15-13-38(3)14-16-40/h6-12,17-20H,1,13-16H2,2-5H3,(H,34,37)(H,36,41). The fraction of sp³-hybridized carbons (Fsp3) is 0.242. The molecule has 0 atom stereocenters. The first-order valence-electron chi connectivity index (χ1n) is 14.0. The quantitative estimate of drug-likeness (QED) is 0.255. The van der Waals surface area contributed by atoms with Crippen molar-refractivity contribution >= 4 is 28.3 Å². The molecule has 0 radical (unpaired) electrons. The lowest BCUT2D eigenvalue weighted by molar-refractivity contribution is -0.111. The fourth-order valence-corrected chi connectivity index (χ4v) is 5.58. The van der Waals surface area contributed by atoms with Gasteiger partial charge in [-0.3, -0.25) is 4.79 Å². The number of nitrogens with one attached hydrogen (secondary N) is 2. The first-order valence-corrected chi connectivity index (χ1v) is 14.0. The lowest BCUT2D eigenvalue weighted by Crippen LogP contribution is -2.44. The Balaban J connectivity index is 1.54. The zero-order chi connectivity index (χ0) is 29.4. The summed E-state index contributed by atoms with van der Waals surface area (Å²) in [5, 5.41) is 3.80. The fourth-order valence-electron chi connectivity index (χ4n) is 5.58. The second kappa shape index (κ2) is 11.2. The van der Waals surface area contributed by atoms with Gasteiger partial charge in [0.1, 0.15) is 11.4 Å². The van der Waals surface area contributed by atoms with E-state index in [0.717, 1.165) is 76.5 Å². The molecule has 2 N–H and O–H groups in total. The van der Waals surface area contributed by atoms with Gasteiger partial charge in [-0.05, 0) is 54.9 Å². The first-order chi connectivity index (χ1) is 20.4. The molecule has 3 aromatic heterocycles. The summed E-state index contributed by atoms with van der Waals surface area (Å²) < 4.78 is 7.98. The predicted octanol–water partition coefficient (Wildman–Crippen LogP) is 5.49. The average Bonchev–Trinajstić information content (AvgIpc) is 3.62. The number of amides is 1. The molecule has 0 aliphatic carbocycles. The van der Waals surface area contributed by atoms with Gasteiger partial charge in [0.2, 0.25) is 5.91 Å². The van der Waals surface area contributed by atoms with Gasteiger partial charge in [-0.25, -0.2) is 9.97 Å². The third-order valence-corrected chi connectivity index (χ3v) is 7.95. The zero-order valence-electron chi connectivity index (χ0n) is 24.4. The van der Waals surface area contributed by atoms with Crippen molar-refractivity contribution in [1.29, 1.82) is 0 Å². The summed E-state index contributed by atoms with van der Waals surface area (Å²) in [6.45, 7) is 9.69. The number of rotatable bonds is 7. The van der Waals surface area contributed by atoms with Crippen LogP contribution >= 0.6 is 0 Å². The molecule has 9 heteroatoms. The Labute approximate surface area is 245 Å². The van der Waals surface area contributed by atoms with Crippen molar-refractivity contribution in [1.82, 2.24) is 24.4 Å². The van der Waals surface area contributed by atoms with Crippen LogP contribution in [-0.2, 0) is 11.8 Å². The van der Waals surface area contributed by atoms with Crippen LogP contribution in [0, 0.1) is 6.92 Å². The molecule has 9 nitrogen and oxygen atoms in total. The van der Waals surface area contributed by atoms with E-state index in [1.54, 1.807) is 19.6 Å². The van der Waals surface area contributed by atoms with E-state index in [0.29, 0.717) is 11.4 Å². The maximum absolute atomic E-state index is 12.2. The number of ether oxygens (including phenoxy) is 1. The molecule has 0 saturated carbocycles. The number of nitrogens with zero attached hydrogens (tertiary/aromatic N) is 5. The van der Waals surface area contributed by atoms with E-state index in [2.05, 4.69) is 69.0 Å². The van der Waals surface area contributed by atoms with Gasteiger partial charge in [-0.2, -0.15) is 0 Å². The monoisotopic (exact) mass is 561 g/mol. The molecule has 1 aliphatic heterocycles. The Kier molecular flexibility index (Phi) is 7.26. The third kappa shape index (κ3) is 5.03. The molecule has 6 rings (SSSR count). The van der Waals surface area contributed by atoms with Crippen molar-refractivity contribution in [2.75, 3.05) is 50.6 Å². The van der Waals surface area contributed by atoms with Crippen LogP contribution in [0.4, 0.5) is 11.4 Å². The Bertz CT molecular complexity index is 1780. The number of piperazine rings is 1. The first kappa shape index (κ1) is 27.3. The largest absolute Gasteiger partial charge is 0.495 e. The summed E-state index contributed by atoms with van der Waals surface area (Å²) in [7, 11) is 5.78. The number of H-pyrrole nitrogens is 1. The molecule has 1 saturated heterocycles. The highest BCUT2D eigenvalue weighted by Crippen LogP contribution is 2.46. The smallest absolute Gasteiger partial charge is 0.247 e. The van der Waals surface area contributed by atoms with E-state index in [9.17, 15) is 4.79 Å². The third-order valence-electron chi connectivity index (χ3n) is 7.95. The number of methoxy groups -OCH3 is 1. The number of aromatic nitrogens is 4. The Morgan fingerprint density at radius 3 is 2.45 bits per heavy atom. The van der Waals surface area contributed by atoms with Gasteiger partial charge in [0.15, 0.2) is 0 Å². The van der Waals surface area contributed by atoms with Gasteiger partial charge >= 0.3 is 0 Å². The van der Waals surface area contributed by atoms with E-state index in [1.165, 1.54) is 11.8 Å². The number of benzene rings is 2. The number of pyridine rings is 1. The van der Waals surface area contributed by atoms with Crippen LogP contribution in [0.1, 0.15) is 5.56 Å². The van der Waals surface area contributed by atoms with Crippen molar-refractivity contribution in [3.63, 3.8) is 0 Å². The van der Waals surface area contributed by atoms with Crippen molar-refractivity contribution in [3.05, 3.63) is 79.4 Å². The molecule has 42 heavy (non-hydrogen) atoms. The Hall–Kier alpha value is -4.89. The number of likely N-dealkylation sites (N-methyl/N-ethyl adjacent to an activating group) is 1. The van der Waals surface area contributed by atoms with Crippen LogP contribution in [0.15, 0.2) is 73.8 Å². The van der Waals surface area contributed by atoms with Crippen LogP contribution < -0.4 is 15.0 Å². The summed E-state index contributed by atoms with van der Waals surface area (Å²) in [5.74, 6) is 0.424. The Morgan fingerprint density at radius 1 is 1.05 bits per heavy atom. The zero-order valence-corrected chi connectivity index (χ0v) is 24.4. The van der Waals surface area contributed by atoms with Gasteiger partial charge in [0, 0.05) is 62.6 Å². The number of fused-ring (bicyclic) bond motifs is 1. The number of anilines is 2. The van der Waals surface area contributed by atoms with E-state index in [-0.39, 0.29) is 5.91 Å². The van der Waals surface area contributed by atoms with Crippen molar-refractivity contribution in [2.45, 2.75) is 6.92 Å². The summed E-state index contributed by atoms with van der Waals surface area (Å²) >= 11 is 0. The summed E-state index contributed by atoms with van der Waals surface area (Å²) in [4.78, 5) is 30.0. The molecular weight excluding hydrogens is 526 g/mol. The second-order valence-corrected chi connectivity index (χ2v) is 10.8. The van der Waals surface area contributed by atoms with Gasteiger partial charge < -0.3 is 29.4 Å². The maximum Gasteiger partial charge on any atom is 0.247 e. The van der Waals surface area contributed by atoms with Crippen molar-refractivity contribution < 1.29 is 9.53 Å². The SMILES string of the molecule is C=CC(=O)Nc1cc(-c2c(-c3ccc(N4CCN(C)CC4)cc3)[nH]c3ncc(-c4cn(C)cn4)c(OC)c23)ccc1C. The van der Waals surface area contributed by atoms with Crippen molar-refractivity contribution in [2.24, 2.45) is 7.05 Å². The number of hydrogen-bond acceptors (Lipinski definition) is 6. The number of aromatic amines is 1. The van der Waals surface area contributed by atoms with Gasteiger partial charge in [-0.15, -0.1) is 0 Å². The molecule has 0 bridgehead atoms. The molecule has 1 fully saturated rings. The molecule has 1 amide bonds. The molecular formula is C33H35N7O2. The van der Waals surface area contributed by atoms with Gasteiger partial charge in [0.25, 0.3) is 0 Å². The second-order valence-electron chi connectivity index (χ2n) is 10.8. The average molecular weight is 562 g/mol. The molecule has 2 aromatic carbocycles. The van der Waals surface area contributed by atoms with Crippen LogP contribution in [0.2, 0.25) is 0 Å². The van der Waals surface area contributed by atoms with E-state index < -0.39 is 0 Å². The van der Waals surface area contributed by atoms with Gasteiger partial charge in [-0.1, -0.05) is 30.8 Å². The van der Waals surface area contributed by atoms with E-state index in [4.69, 9.17) is 9.72 Å². The van der Waals surface area contributed by atoms with Crippen LogP contribution in [0.3, 0.4) is 0 Å². The highest BCUT2D eigenvalue weighted by atomic mass is 16.5. The minimum atomic E-state index is -0.259.